The van der Waals surface area contributed by atoms with Crippen LogP contribution in [-0.2, 0) is 21.0 Å². The lowest BCUT2D eigenvalue weighted by atomic mass is 10.0. The maximum atomic E-state index is 11.7. The van der Waals surface area contributed by atoms with Gasteiger partial charge < -0.3 is 4.74 Å². The lowest BCUT2D eigenvalue weighted by Crippen LogP contribution is -2.12. The van der Waals surface area contributed by atoms with Crippen molar-refractivity contribution in [1.82, 2.24) is 0 Å². The van der Waals surface area contributed by atoms with Crippen LogP contribution >= 0.6 is 0 Å². The van der Waals surface area contributed by atoms with E-state index in [2.05, 4.69) is 4.74 Å². The first kappa shape index (κ1) is 13.7. The molecule has 0 spiro atoms. The number of ether oxygens (including phenoxy) is 1. The third-order valence-electron chi connectivity index (χ3n) is 2.59. The van der Waals surface area contributed by atoms with Gasteiger partial charge in [0, 0.05) is 6.26 Å². The predicted octanol–water partition coefficient (Wildman–Crippen LogP) is 1.75. The van der Waals surface area contributed by atoms with E-state index in [1.165, 1.54) is 7.11 Å². The van der Waals surface area contributed by atoms with Crippen LogP contribution < -0.4 is 0 Å². The summed E-state index contributed by atoms with van der Waals surface area (Å²) in [6.07, 6.45) is 1.62. The lowest BCUT2D eigenvalue weighted by Gasteiger charge is -2.13. The zero-order chi connectivity index (χ0) is 13.2. The van der Waals surface area contributed by atoms with Gasteiger partial charge in [-0.3, -0.25) is 0 Å². The molecule has 1 rings (SSSR count). The number of esters is 1. The molecule has 0 N–H and O–H groups in total. The molecule has 0 bridgehead atoms. The molecule has 0 amide bonds. The third-order valence-corrected chi connectivity index (χ3v) is 3.90. The van der Waals surface area contributed by atoms with Gasteiger partial charge >= 0.3 is 5.97 Å². The van der Waals surface area contributed by atoms with Crippen LogP contribution in [0.3, 0.4) is 0 Å². The fourth-order valence-electron chi connectivity index (χ4n) is 1.91. The monoisotopic (exact) mass is 256 g/mol. The number of carbonyl (C=O) groups is 1. The Balaban J connectivity index is 3.65. The number of methoxy groups -OCH3 is 1. The van der Waals surface area contributed by atoms with E-state index in [1.807, 2.05) is 6.92 Å². The summed E-state index contributed by atoms with van der Waals surface area (Å²) in [5.41, 5.74) is 1.50. The van der Waals surface area contributed by atoms with E-state index in [1.54, 1.807) is 19.1 Å². The van der Waals surface area contributed by atoms with Crippen molar-refractivity contribution in [2.75, 3.05) is 13.4 Å². The molecule has 1 aromatic rings. The zero-order valence-electron chi connectivity index (χ0n) is 10.4. The lowest BCUT2D eigenvalue weighted by molar-refractivity contribution is 0.0599. The number of hydrogen-bond donors (Lipinski definition) is 0. The molecule has 0 atom stereocenters. The van der Waals surface area contributed by atoms with Crippen molar-refractivity contribution in [1.29, 1.82) is 0 Å². The van der Waals surface area contributed by atoms with E-state index in [0.29, 0.717) is 23.1 Å². The summed E-state index contributed by atoms with van der Waals surface area (Å²) in [7, 11) is -2.07. The van der Waals surface area contributed by atoms with Gasteiger partial charge in [-0.15, -0.1) is 0 Å². The summed E-state index contributed by atoms with van der Waals surface area (Å²) in [5.74, 6) is -0.508. The van der Waals surface area contributed by atoms with Crippen LogP contribution in [0, 0.1) is 6.92 Å². The smallest absolute Gasteiger partial charge is 0.338 e. The predicted molar refractivity (Wildman–Crippen MR) is 65.0 cm³/mol. The van der Waals surface area contributed by atoms with E-state index < -0.39 is 15.8 Å². The van der Waals surface area contributed by atoms with Crippen molar-refractivity contribution in [3.8, 4) is 0 Å². The minimum Gasteiger partial charge on any atom is -0.465 e. The van der Waals surface area contributed by atoms with Gasteiger partial charge in [0.1, 0.15) is 0 Å². The van der Waals surface area contributed by atoms with E-state index in [0.717, 1.165) is 6.26 Å². The molecule has 94 valence electrons. The average molecular weight is 256 g/mol. The normalized spacial score (nSPS) is 11.3. The molecule has 0 unspecified atom stereocenters. The highest BCUT2D eigenvalue weighted by Gasteiger charge is 2.21. The Bertz CT molecular complexity index is 544. The molecular formula is C12H16O4S. The molecule has 5 heteroatoms. The van der Waals surface area contributed by atoms with Crippen LogP contribution in [0.1, 0.15) is 28.4 Å². The van der Waals surface area contributed by atoms with Gasteiger partial charge in [-0.2, -0.15) is 0 Å². The standard InChI is InChI=1S/C12H16O4S/c1-5-9-10(12(13)16-3)7-6-8(2)11(9)17(4,14)15/h6-7H,5H2,1-4H3. The highest BCUT2D eigenvalue weighted by Crippen LogP contribution is 2.25. The largest absolute Gasteiger partial charge is 0.465 e. The first-order valence-corrected chi connectivity index (χ1v) is 7.12. The van der Waals surface area contributed by atoms with Crippen molar-refractivity contribution >= 4 is 15.8 Å². The molecule has 0 radical (unpaired) electrons. The van der Waals surface area contributed by atoms with Crippen molar-refractivity contribution in [2.45, 2.75) is 25.2 Å². The van der Waals surface area contributed by atoms with Crippen molar-refractivity contribution in [2.24, 2.45) is 0 Å². The van der Waals surface area contributed by atoms with Gasteiger partial charge in [-0.1, -0.05) is 13.0 Å². The summed E-state index contributed by atoms with van der Waals surface area (Å²) in [6, 6.07) is 3.23. The minimum absolute atomic E-state index is 0.239. The van der Waals surface area contributed by atoms with Crippen LogP contribution in [0.5, 0.6) is 0 Å². The number of rotatable bonds is 3. The third kappa shape index (κ3) is 2.66. The Morgan fingerprint density at radius 1 is 1.35 bits per heavy atom. The number of sulfone groups is 1. The van der Waals surface area contributed by atoms with Gasteiger partial charge in [-0.05, 0) is 30.5 Å². The molecule has 17 heavy (non-hydrogen) atoms. The Labute approximate surface area is 102 Å². The first-order valence-electron chi connectivity index (χ1n) is 5.23. The van der Waals surface area contributed by atoms with E-state index in [9.17, 15) is 13.2 Å². The fraction of sp³-hybridized carbons (Fsp3) is 0.417. The molecule has 4 nitrogen and oxygen atoms in total. The topological polar surface area (TPSA) is 60.4 Å². The number of benzene rings is 1. The summed E-state index contributed by atoms with van der Waals surface area (Å²) in [5, 5.41) is 0. The zero-order valence-corrected chi connectivity index (χ0v) is 11.2. The Hall–Kier alpha value is -1.36. The number of carbonyl (C=O) groups excluding carboxylic acids is 1. The quantitative estimate of drug-likeness (QED) is 0.773. The Morgan fingerprint density at radius 2 is 1.94 bits per heavy atom. The van der Waals surface area contributed by atoms with Crippen LogP contribution in [0.4, 0.5) is 0 Å². The second-order valence-electron chi connectivity index (χ2n) is 3.85. The number of aryl methyl sites for hydroxylation is 1. The highest BCUT2D eigenvalue weighted by atomic mass is 32.2. The van der Waals surface area contributed by atoms with Gasteiger partial charge in [0.25, 0.3) is 0 Å². The second-order valence-corrected chi connectivity index (χ2v) is 5.81. The van der Waals surface area contributed by atoms with E-state index >= 15 is 0 Å². The van der Waals surface area contributed by atoms with Gasteiger partial charge in [0.2, 0.25) is 0 Å². The van der Waals surface area contributed by atoms with Crippen molar-refractivity contribution in [3.05, 3.63) is 28.8 Å². The molecule has 0 aliphatic heterocycles. The summed E-state index contributed by atoms with van der Waals surface area (Å²) >= 11 is 0. The van der Waals surface area contributed by atoms with Crippen LogP contribution in [-0.4, -0.2) is 27.8 Å². The van der Waals surface area contributed by atoms with Crippen molar-refractivity contribution in [3.63, 3.8) is 0 Å². The maximum absolute atomic E-state index is 11.7. The minimum atomic E-state index is -3.35. The van der Waals surface area contributed by atoms with Gasteiger partial charge in [0.15, 0.2) is 9.84 Å². The SMILES string of the molecule is CCc1c(C(=O)OC)ccc(C)c1S(C)(=O)=O. The highest BCUT2D eigenvalue weighted by molar-refractivity contribution is 7.90. The average Bonchev–Trinajstić information content (AvgIpc) is 2.25. The van der Waals surface area contributed by atoms with Crippen molar-refractivity contribution < 1.29 is 17.9 Å². The van der Waals surface area contributed by atoms with Crippen LogP contribution in [0.25, 0.3) is 0 Å². The maximum Gasteiger partial charge on any atom is 0.338 e. The Kier molecular flexibility index (Phi) is 3.93. The molecule has 0 fully saturated rings. The number of hydrogen-bond acceptors (Lipinski definition) is 4. The molecule has 1 aromatic carbocycles. The first-order chi connectivity index (χ1) is 7.82. The van der Waals surface area contributed by atoms with Gasteiger partial charge in [0.05, 0.1) is 17.6 Å². The molecule has 0 heterocycles. The summed E-state index contributed by atoms with van der Waals surface area (Å²) in [4.78, 5) is 11.8. The molecule has 0 aromatic heterocycles. The molecule has 0 aliphatic rings. The second kappa shape index (κ2) is 4.87. The van der Waals surface area contributed by atoms with Crippen LogP contribution in [0.2, 0.25) is 0 Å². The van der Waals surface area contributed by atoms with E-state index in [-0.39, 0.29) is 4.90 Å². The van der Waals surface area contributed by atoms with Crippen LogP contribution in [0.15, 0.2) is 17.0 Å². The Morgan fingerprint density at radius 3 is 2.35 bits per heavy atom. The molecule has 0 aliphatic carbocycles. The summed E-state index contributed by atoms with van der Waals surface area (Å²) in [6.45, 7) is 3.53. The van der Waals surface area contributed by atoms with Gasteiger partial charge in [-0.25, -0.2) is 13.2 Å². The molecule has 0 saturated heterocycles. The van der Waals surface area contributed by atoms with E-state index in [4.69, 9.17) is 0 Å². The molecule has 0 saturated carbocycles. The summed E-state index contributed by atoms with van der Waals surface area (Å²) < 4.78 is 28.1. The fourth-order valence-corrected chi connectivity index (χ4v) is 3.27. The molecular weight excluding hydrogens is 240 g/mol.